The van der Waals surface area contributed by atoms with Crippen molar-refractivity contribution >= 4 is 28.6 Å². The molecule has 0 bridgehead atoms. The van der Waals surface area contributed by atoms with Crippen LogP contribution < -0.4 is 5.56 Å². The molecule has 0 fully saturated rings. The Hall–Kier alpha value is -5.16. The van der Waals surface area contributed by atoms with Gasteiger partial charge in [-0.25, -0.2) is 14.2 Å². The number of hydrogen-bond donors (Lipinski definition) is 1. The molecule has 6 aromatic rings. The summed E-state index contributed by atoms with van der Waals surface area (Å²) in [5.74, 6) is -0.290. The predicted molar refractivity (Wildman–Crippen MR) is 154 cm³/mol. The summed E-state index contributed by atoms with van der Waals surface area (Å²) in [6.45, 7) is 2.00. The van der Waals surface area contributed by atoms with E-state index in [4.69, 9.17) is 21.3 Å². The molecule has 3 aromatic carbocycles. The number of fused-ring (bicyclic) bond motifs is 1. The van der Waals surface area contributed by atoms with Crippen LogP contribution in [0, 0.1) is 5.82 Å². The zero-order chi connectivity index (χ0) is 29.2. The van der Waals surface area contributed by atoms with Crippen molar-refractivity contribution in [2.75, 3.05) is 6.61 Å². The van der Waals surface area contributed by atoms with Gasteiger partial charge in [-0.2, -0.15) is 4.68 Å². The molecule has 3 aromatic heterocycles. The summed E-state index contributed by atoms with van der Waals surface area (Å²) in [6.07, 6.45) is 3.49. The number of nitrogens with zero attached hydrogens (tertiary/aromatic N) is 6. The molecule has 0 spiro atoms. The number of rotatable bonds is 8. The number of carbonyl (C=O) groups is 1. The number of benzene rings is 3. The summed E-state index contributed by atoms with van der Waals surface area (Å²) >= 11 is 6.31. The number of pyridine rings is 1. The highest BCUT2D eigenvalue weighted by molar-refractivity contribution is 6.31. The van der Waals surface area contributed by atoms with Crippen LogP contribution >= 0.6 is 11.6 Å². The van der Waals surface area contributed by atoms with Crippen molar-refractivity contribution in [2.45, 2.75) is 19.4 Å². The lowest BCUT2D eigenvalue weighted by molar-refractivity contribution is 0.0526. The molecule has 0 aliphatic carbocycles. The molecule has 10 nitrogen and oxygen atoms in total. The van der Waals surface area contributed by atoms with Gasteiger partial charge in [0.25, 0.3) is 5.56 Å². The number of ether oxygens (including phenoxy) is 1. The number of halogens is 2. The number of H-pyrrole nitrogens is 1. The average Bonchev–Trinajstić information content (AvgIpc) is 3.67. The SMILES string of the molecule is CCOC(=O)c1ccc2nc([C@H](Cc3ccc(F)cc3)n3ccc(-c4cc(Cl)ccc4-n4cnnn4)cc3=O)[nH]c2c1. The molecule has 0 aliphatic rings. The Kier molecular flexibility index (Phi) is 7.32. The number of carbonyl (C=O) groups excluding carboxylic acids is 1. The van der Waals surface area contributed by atoms with Gasteiger partial charge in [-0.05, 0) is 83.1 Å². The van der Waals surface area contributed by atoms with Gasteiger partial charge in [-0.15, -0.1) is 5.10 Å². The summed E-state index contributed by atoms with van der Waals surface area (Å²) in [5, 5.41) is 11.9. The van der Waals surface area contributed by atoms with Gasteiger partial charge in [0.2, 0.25) is 0 Å². The summed E-state index contributed by atoms with van der Waals surface area (Å²) in [5.41, 5.74) is 4.08. The van der Waals surface area contributed by atoms with Crippen molar-refractivity contribution in [2.24, 2.45) is 0 Å². The molecule has 6 rings (SSSR count). The molecule has 0 saturated carbocycles. The molecular weight excluding hydrogens is 561 g/mol. The van der Waals surface area contributed by atoms with Crippen molar-refractivity contribution in [1.82, 2.24) is 34.7 Å². The van der Waals surface area contributed by atoms with Crippen LogP contribution in [-0.2, 0) is 11.2 Å². The van der Waals surface area contributed by atoms with Gasteiger partial charge in [0.15, 0.2) is 0 Å². The molecule has 0 amide bonds. The van der Waals surface area contributed by atoms with Gasteiger partial charge < -0.3 is 14.3 Å². The molecule has 0 radical (unpaired) electrons. The summed E-state index contributed by atoms with van der Waals surface area (Å²) < 4.78 is 21.8. The highest BCUT2D eigenvalue weighted by Gasteiger charge is 2.22. The number of hydrogen-bond acceptors (Lipinski definition) is 7. The third-order valence-corrected chi connectivity index (χ3v) is 7.05. The molecule has 0 aliphatic heterocycles. The van der Waals surface area contributed by atoms with Crippen LogP contribution in [0.25, 0.3) is 27.8 Å². The first kappa shape index (κ1) is 27.0. The number of imidazole rings is 1. The molecule has 0 unspecified atom stereocenters. The first-order valence-electron chi connectivity index (χ1n) is 13.1. The van der Waals surface area contributed by atoms with Crippen molar-refractivity contribution in [3.8, 4) is 16.8 Å². The van der Waals surface area contributed by atoms with Crippen molar-refractivity contribution in [3.63, 3.8) is 0 Å². The quantitative estimate of drug-likeness (QED) is 0.245. The highest BCUT2D eigenvalue weighted by Crippen LogP contribution is 2.30. The molecule has 0 saturated heterocycles. The fourth-order valence-electron chi connectivity index (χ4n) is 4.82. The van der Waals surface area contributed by atoms with E-state index in [2.05, 4.69) is 20.5 Å². The van der Waals surface area contributed by atoms with Gasteiger partial charge >= 0.3 is 5.97 Å². The molecule has 42 heavy (non-hydrogen) atoms. The largest absolute Gasteiger partial charge is 0.462 e. The molecular formula is C30H23ClFN7O3. The molecule has 3 heterocycles. The molecule has 210 valence electrons. The smallest absolute Gasteiger partial charge is 0.338 e. The van der Waals surface area contributed by atoms with E-state index in [0.29, 0.717) is 50.7 Å². The van der Waals surface area contributed by atoms with E-state index >= 15 is 0 Å². The second-order valence-corrected chi connectivity index (χ2v) is 9.93. The van der Waals surface area contributed by atoms with Crippen LogP contribution in [0.1, 0.15) is 34.7 Å². The van der Waals surface area contributed by atoms with Crippen molar-refractivity contribution < 1.29 is 13.9 Å². The van der Waals surface area contributed by atoms with Crippen LogP contribution in [0.2, 0.25) is 5.02 Å². The summed E-state index contributed by atoms with van der Waals surface area (Å²) in [6, 6.07) is 19.1. The summed E-state index contributed by atoms with van der Waals surface area (Å²) in [7, 11) is 0. The second-order valence-electron chi connectivity index (χ2n) is 9.50. The van der Waals surface area contributed by atoms with Gasteiger partial charge in [0.1, 0.15) is 18.0 Å². The monoisotopic (exact) mass is 583 g/mol. The topological polar surface area (TPSA) is 121 Å². The molecule has 1 atom stereocenters. The lowest BCUT2D eigenvalue weighted by atomic mass is 10.0. The minimum absolute atomic E-state index is 0.260. The maximum Gasteiger partial charge on any atom is 0.338 e. The standard InChI is InChI=1S/C30H23ClFN7O3/c1-2-42-30(41)20-5-9-24-25(14-20)35-29(34-24)27(13-18-3-7-22(32)8-4-18)38-12-11-19(15-28(38)40)23-16-21(31)6-10-26(23)39-17-33-36-37-39/h3-12,14-17,27H,2,13H2,1H3,(H,34,35)/t27-/m0/s1. The third-order valence-electron chi connectivity index (χ3n) is 6.82. The maximum absolute atomic E-state index is 13.7. The Balaban J connectivity index is 1.43. The maximum atomic E-state index is 13.7. The Morgan fingerprint density at radius 1 is 1.07 bits per heavy atom. The summed E-state index contributed by atoms with van der Waals surface area (Å²) in [4.78, 5) is 34.0. The van der Waals surface area contributed by atoms with Crippen LogP contribution in [0.15, 0.2) is 90.1 Å². The van der Waals surface area contributed by atoms with E-state index in [0.717, 1.165) is 5.56 Å². The van der Waals surface area contributed by atoms with Crippen molar-refractivity contribution in [3.05, 3.63) is 123 Å². The number of tetrazole rings is 1. The predicted octanol–water partition coefficient (Wildman–Crippen LogP) is 5.17. The first-order chi connectivity index (χ1) is 20.4. The fourth-order valence-corrected chi connectivity index (χ4v) is 5.00. The van der Waals surface area contributed by atoms with Gasteiger partial charge in [0, 0.05) is 29.3 Å². The van der Waals surface area contributed by atoms with Crippen LogP contribution in [0.3, 0.4) is 0 Å². The van der Waals surface area contributed by atoms with Crippen LogP contribution in [-0.4, -0.2) is 47.3 Å². The van der Waals surface area contributed by atoms with E-state index in [1.54, 1.807) is 72.3 Å². The third kappa shape index (κ3) is 5.41. The zero-order valence-electron chi connectivity index (χ0n) is 22.2. The average molecular weight is 584 g/mol. The Bertz CT molecular complexity index is 1950. The van der Waals surface area contributed by atoms with E-state index in [1.165, 1.54) is 29.2 Å². The van der Waals surface area contributed by atoms with Crippen LogP contribution in [0.5, 0.6) is 0 Å². The van der Waals surface area contributed by atoms with Crippen molar-refractivity contribution in [1.29, 1.82) is 0 Å². The van der Waals surface area contributed by atoms with Gasteiger partial charge in [-0.1, -0.05) is 23.7 Å². The lowest BCUT2D eigenvalue weighted by Crippen LogP contribution is -2.27. The number of aromatic amines is 1. The Morgan fingerprint density at radius 3 is 2.64 bits per heavy atom. The number of esters is 1. The Labute approximate surface area is 243 Å². The highest BCUT2D eigenvalue weighted by atomic mass is 35.5. The number of nitrogens with one attached hydrogen (secondary N) is 1. The minimum atomic E-state index is -0.575. The first-order valence-corrected chi connectivity index (χ1v) is 13.4. The number of aromatic nitrogens is 7. The Morgan fingerprint density at radius 2 is 1.90 bits per heavy atom. The van der Waals surface area contributed by atoms with Gasteiger partial charge in [0.05, 0.1) is 34.9 Å². The van der Waals surface area contributed by atoms with E-state index in [-0.39, 0.29) is 18.0 Å². The molecule has 12 heteroatoms. The van der Waals surface area contributed by atoms with Crippen LogP contribution in [0.4, 0.5) is 4.39 Å². The second kappa shape index (κ2) is 11.4. The fraction of sp³-hybridized carbons (Fsp3) is 0.133. The lowest BCUT2D eigenvalue weighted by Gasteiger charge is -2.19. The normalized spacial score (nSPS) is 12.0. The van der Waals surface area contributed by atoms with E-state index < -0.39 is 12.0 Å². The van der Waals surface area contributed by atoms with Gasteiger partial charge in [-0.3, -0.25) is 4.79 Å². The molecule has 1 N–H and O–H groups in total. The van der Waals surface area contributed by atoms with E-state index in [1.807, 2.05) is 0 Å². The minimum Gasteiger partial charge on any atom is -0.462 e. The van der Waals surface area contributed by atoms with E-state index in [9.17, 15) is 14.0 Å². The zero-order valence-corrected chi connectivity index (χ0v) is 23.0.